The lowest BCUT2D eigenvalue weighted by atomic mass is 10.1. The maximum atomic E-state index is 10.5. The normalized spacial score (nSPS) is 10.7. The van der Waals surface area contributed by atoms with Crippen molar-refractivity contribution in [3.8, 4) is 33.4 Å². The number of ether oxygens (including phenoxy) is 3. The van der Waals surface area contributed by atoms with Gasteiger partial charge in [-0.15, -0.1) is 11.3 Å². The molecule has 1 aromatic heterocycles. The summed E-state index contributed by atoms with van der Waals surface area (Å²) in [5.41, 5.74) is 2.32. The monoisotopic (exact) mass is 404 g/mol. The Morgan fingerprint density at radius 2 is 1.59 bits per heavy atom. The number of thiophene rings is 1. The smallest absolute Gasteiger partial charge is 0.157 e. The van der Waals surface area contributed by atoms with Gasteiger partial charge in [0.15, 0.2) is 12.0 Å². The van der Waals surface area contributed by atoms with E-state index >= 15 is 0 Å². The van der Waals surface area contributed by atoms with E-state index in [1.54, 1.807) is 30.6 Å². The van der Waals surface area contributed by atoms with Gasteiger partial charge in [0.25, 0.3) is 0 Å². The van der Waals surface area contributed by atoms with E-state index in [0.717, 1.165) is 38.3 Å². The zero-order chi connectivity index (χ0) is 20.2. The van der Waals surface area contributed by atoms with Gasteiger partial charge in [0.05, 0.1) is 12.0 Å². The number of methoxy groups -OCH3 is 1. The van der Waals surface area contributed by atoms with Crippen molar-refractivity contribution in [2.24, 2.45) is 0 Å². The Bertz CT molecular complexity index is 1130. The maximum absolute atomic E-state index is 10.5. The molecule has 0 aliphatic heterocycles. The van der Waals surface area contributed by atoms with Crippen molar-refractivity contribution in [3.05, 3.63) is 72.3 Å². The lowest BCUT2D eigenvalue weighted by Crippen LogP contribution is -1.97. The summed E-state index contributed by atoms with van der Waals surface area (Å²) >= 11 is 1.68. The van der Waals surface area contributed by atoms with Gasteiger partial charge in [-0.05, 0) is 55.0 Å². The van der Waals surface area contributed by atoms with Crippen molar-refractivity contribution < 1.29 is 19.0 Å². The summed E-state index contributed by atoms with van der Waals surface area (Å²) in [4.78, 5) is 11.5. The molecule has 3 aromatic carbocycles. The van der Waals surface area contributed by atoms with E-state index < -0.39 is 0 Å². The zero-order valence-corrected chi connectivity index (χ0v) is 17.0. The molecule has 4 nitrogen and oxygen atoms in total. The van der Waals surface area contributed by atoms with Crippen LogP contribution in [0.25, 0.3) is 20.5 Å². The highest BCUT2D eigenvalue weighted by molar-refractivity contribution is 7.22. The predicted octanol–water partition coefficient (Wildman–Crippen LogP) is 6.26. The number of carbonyl (C=O) groups excluding carboxylic acids is 1. The summed E-state index contributed by atoms with van der Waals surface area (Å²) in [5.74, 6) is 2.96. The molecule has 0 aliphatic rings. The van der Waals surface area contributed by atoms with Crippen LogP contribution in [0.15, 0.2) is 66.7 Å². The lowest BCUT2D eigenvalue weighted by Gasteiger charge is -2.09. The largest absolute Gasteiger partial charge is 0.497 e. The van der Waals surface area contributed by atoms with Crippen LogP contribution in [-0.4, -0.2) is 20.0 Å². The Labute approximate surface area is 173 Å². The number of carbonyl (C=O) groups is 1. The van der Waals surface area contributed by atoms with E-state index in [-0.39, 0.29) is 6.61 Å². The van der Waals surface area contributed by atoms with Gasteiger partial charge < -0.3 is 14.2 Å². The van der Waals surface area contributed by atoms with Crippen LogP contribution in [-0.2, 0) is 4.79 Å². The summed E-state index contributed by atoms with van der Waals surface area (Å²) in [6.45, 7) is 2.11. The standard InChI is InChI=1S/C24H20O4S/c1-16-3-5-17(6-4-16)24-23(21-12-11-20(26-2)15-22(21)29-24)28-19-9-7-18(8-10-19)27-14-13-25/h3-13,15H,14H2,1-2H3. The van der Waals surface area contributed by atoms with Gasteiger partial charge in [0, 0.05) is 10.1 Å². The maximum Gasteiger partial charge on any atom is 0.157 e. The first-order valence-electron chi connectivity index (χ1n) is 9.20. The fourth-order valence-corrected chi connectivity index (χ4v) is 4.19. The zero-order valence-electron chi connectivity index (χ0n) is 16.2. The molecule has 4 aromatic rings. The van der Waals surface area contributed by atoms with E-state index in [1.165, 1.54) is 5.56 Å². The molecule has 5 heteroatoms. The SMILES string of the molecule is COc1ccc2c(Oc3ccc(OCC=O)cc3)c(-c3ccc(C)cc3)sc2c1. The van der Waals surface area contributed by atoms with Crippen LogP contribution >= 0.6 is 11.3 Å². The molecule has 146 valence electrons. The first-order valence-corrected chi connectivity index (χ1v) is 10.0. The molecule has 0 N–H and O–H groups in total. The Morgan fingerprint density at radius 3 is 2.28 bits per heavy atom. The summed E-state index contributed by atoms with van der Waals surface area (Å²) in [6, 6.07) is 21.7. The number of fused-ring (bicyclic) bond motifs is 1. The third-order valence-electron chi connectivity index (χ3n) is 4.53. The molecule has 0 aliphatic carbocycles. The van der Waals surface area contributed by atoms with Crippen LogP contribution in [0.2, 0.25) is 0 Å². The molecule has 0 saturated carbocycles. The van der Waals surface area contributed by atoms with Crippen LogP contribution < -0.4 is 14.2 Å². The second-order valence-corrected chi connectivity index (χ2v) is 7.59. The van der Waals surface area contributed by atoms with Crippen LogP contribution in [0.4, 0.5) is 0 Å². The highest BCUT2D eigenvalue weighted by atomic mass is 32.1. The number of hydrogen-bond acceptors (Lipinski definition) is 5. The van der Waals surface area contributed by atoms with Gasteiger partial charge in [-0.1, -0.05) is 29.8 Å². The molecule has 0 amide bonds. The van der Waals surface area contributed by atoms with Crippen LogP contribution in [0.5, 0.6) is 23.0 Å². The Kier molecular flexibility index (Phi) is 5.49. The average molecular weight is 404 g/mol. The van der Waals surface area contributed by atoms with Crippen molar-refractivity contribution in [2.45, 2.75) is 6.92 Å². The number of benzene rings is 3. The van der Waals surface area contributed by atoms with Crippen LogP contribution in [0.1, 0.15) is 5.56 Å². The van der Waals surface area contributed by atoms with E-state index in [1.807, 2.05) is 30.3 Å². The molecule has 0 saturated heterocycles. The van der Waals surface area contributed by atoms with Crippen molar-refractivity contribution in [1.82, 2.24) is 0 Å². The van der Waals surface area contributed by atoms with Crippen molar-refractivity contribution in [1.29, 1.82) is 0 Å². The third-order valence-corrected chi connectivity index (χ3v) is 5.71. The number of aldehydes is 1. The first-order chi connectivity index (χ1) is 14.2. The van der Waals surface area contributed by atoms with Gasteiger partial charge in [-0.3, -0.25) is 4.79 Å². The molecular formula is C24H20O4S. The minimum Gasteiger partial charge on any atom is -0.497 e. The molecular weight excluding hydrogens is 384 g/mol. The second-order valence-electron chi connectivity index (χ2n) is 6.54. The Morgan fingerprint density at radius 1 is 0.897 bits per heavy atom. The molecule has 0 radical (unpaired) electrons. The summed E-state index contributed by atoms with van der Waals surface area (Å²) in [7, 11) is 1.67. The topological polar surface area (TPSA) is 44.8 Å². The molecule has 0 atom stereocenters. The van der Waals surface area contributed by atoms with Gasteiger partial charge in [0.2, 0.25) is 0 Å². The molecule has 0 fully saturated rings. The third kappa shape index (κ3) is 4.10. The average Bonchev–Trinajstić information content (AvgIpc) is 3.11. The highest BCUT2D eigenvalue weighted by Gasteiger charge is 2.17. The van der Waals surface area contributed by atoms with E-state index in [0.29, 0.717) is 11.5 Å². The minimum atomic E-state index is 0.0365. The minimum absolute atomic E-state index is 0.0365. The summed E-state index contributed by atoms with van der Waals surface area (Å²) in [5, 5.41) is 1.03. The predicted molar refractivity (Wildman–Crippen MR) is 117 cm³/mol. The number of hydrogen-bond donors (Lipinski definition) is 0. The fraction of sp³-hybridized carbons (Fsp3) is 0.125. The molecule has 1 heterocycles. The Hall–Kier alpha value is -3.31. The van der Waals surface area contributed by atoms with Gasteiger partial charge in [-0.2, -0.15) is 0 Å². The molecule has 29 heavy (non-hydrogen) atoms. The quantitative estimate of drug-likeness (QED) is 0.341. The van der Waals surface area contributed by atoms with Crippen LogP contribution in [0, 0.1) is 6.92 Å². The van der Waals surface area contributed by atoms with E-state index in [4.69, 9.17) is 14.2 Å². The van der Waals surface area contributed by atoms with Gasteiger partial charge in [0.1, 0.15) is 23.9 Å². The number of rotatable bonds is 7. The number of aryl methyl sites for hydroxylation is 1. The van der Waals surface area contributed by atoms with E-state index in [9.17, 15) is 4.79 Å². The summed E-state index contributed by atoms with van der Waals surface area (Å²) in [6.07, 6.45) is 0.726. The van der Waals surface area contributed by atoms with Crippen molar-refractivity contribution >= 4 is 27.7 Å². The molecule has 0 spiro atoms. The van der Waals surface area contributed by atoms with E-state index in [2.05, 4.69) is 31.2 Å². The molecule has 0 bridgehead atoms. The lowest BCUT2D eigenvalue weighted by molar-refractivity contribution is -0.109. The Balaban J connectivity index is 1.75. The fourth-order valence-electron chi connectivity index (χ4n) is 3.03. The van der Waals surface area contributed by atoms with Crippen molar-refractivity contribution in [3.63, 3.8) is 0 Å². The molecule has 0 unspecified atom stereocenters. The first kappa shape index (κ1) is 19.0. The molecule has 4 rings (SSSR count). The summed E-state index contributed by atoms with van der Waals surface area (Å²) < 4.78 is 18.1. The van der Waals surface area contributed by atoms with Crippen molar-refractivity contribution in [2.75, 3.05) is 13.7 Å². The van der Waals surface area contributed by atoms with Crippen LogP contribution in [0.3, 0.4) is 0 Å². The van der Waals surface area contributed by atoms with Gasteiger partial charge in [-0.25, -0.2) is 0 Å². The second kappa shape index (κ2) is 8.37. The highest BCUT2D eigenvalue weighted by Crippen LogP contribution is 2.47. The van der Waals surface area contributed by atoms with Gasteiger partial charge >= 0.3 is 0 Å².